The first-order valence-electron chi connectivity index (χ1n) is 6.72. The van der Waals surface area contributed by atoms with Crippen LogP contribution < -0.4 is 10.1 Å². The first kappa shape index (κ1) is 14.1. The van der Waals surface area contributed by atoms with E-state index in [1.807, 2.05) is 12.1 Å². The van der Waals surface area contributed by atoms with Gasteiger partial charge in [0.1, 0.15) is 5.75 Å². The van der Waals surface area contributed by atoms with Crippen molar-refractivity contribution in [2.24, 2.45) is 0 Å². The second-order valence-corrected chi connectivity index (χ2v) is 5.35. The Hall–Kier alpha value is -1.32. The van der Waals surface area contributed by atoms with Crippen LogP contribution in [0.4, 0.5) is 0 Å². The molecule has 0 spiro atoms. The fourth-order valence-corrected chi connectivity index (χ4v) is 2.86. The summed E-state index contributed by atoms with van der Waals surface area (Å²) >= 11 is 1.76. The molecule has 102 valence electrons. The Morgan fingerprint density at radius 2 is 2.00 bits per heavy atom. The number of methoxy groups -OCH3 is 1. The fourth-order valence-electron chi connectivity index (χ4n) is 2.16. The van der Waals surface area contributed by atoms with Crippen molar-refractivity contribution in [3.63, 3.8) is 0 Å². The van der Waals surface area contributed by atoms with Crippen molar-refractivity contribution in [2.45, 2.75) is 25.8 Å². The van der Waals surface area contributed by atoms with Gasteiger partial charge in [-0.15, -0.1) is 0 Å². The van der Waals surface area contributed by atoms with E-state index >= 15 is 0 Å². The molecule has 2 rings (SSSR count). The molecular formula is C16H21NOS. The van der Waals surface area contributed by atoms with Crippen LogP contribution in [-0.2, 0) is 6.42 Å². The standard InChI is InChI=1S/C16H21NOS/c1-3-16(14-4-6-15(18-2)7-5-14)17-10-8-13-9-11-19-12-13/h4-7,9,11-12,16-17H,3,8,10H2,1-2H3. The summed E-state index contributed by atoms with van der Waals surface area (Å²) in [5, 5.41) is 7.98. The molecule has 1 aromatic heterocycles. The molecule has 0 radical (unpaired) electrons. The monoisotopic (exact) mass is 275 g/mol. The van der Waals surface area contributed by atoms with E-state index in [4.69, 9.17) is 4.74 Å². The Morgan fingerprint density at radius 1 is 1.21 bits per heavy atom. The van der Waals surface area contributed by atoms with Gasteiger partial charge in [-0.2, -0.15) is 11.3 Å². The largest absolute Gasteiger partial charge is 0.497 e. The number of hydrogen-bond donors (Lipinski definition) is 1. The summed E-state index contributed by atoms with van der Waals surface area (Å²) in [6, 6.07) is 11.0. The Bertz CT molecular complexity index is 464. The minimum absolute atomic E-state index is 0.421. The molecule has 1 unspecified atom stereocenters. The highest BCUT2D eigenvalue weighted by atomic mass is 32.1. The van der Waals surface area contributed by atoms with Gasteiger partial charge in [-0.3, -0.25) is 0 Å². The van der Waals surface area contributed by atoms with E-state index in [1.165, 1.54) is 11.1 Å². The number of ether oxygens (including phenoxy) is 1. The highest BCUT2D eigenvalue weighted by Gasteiger charge is 2.08. The van der Waals surface area contributed by atoms with Crippen LogP contribution in [0.5, 0.6) is 5.75 Å². The van der Waals surface area contributed by atoms with Crippen molar-refractivity contribution in [1.29, 1.82) is 0 Å². The Morgan fingerprint density at radius 3 is 2.58 bits per heavy atom. The van der Waals surface area contributed by atoms with Crippen LogP contribution in [0.15, 0.2) is 41.1 Å². The second-order valence-electron chi connectivity index (χ2n) is 4.57. The fraction of sp³-hybridized carbons (Fsp3) is 0.375. The lowest BCUT2D eigenvalue weighted by Gasteiger charge is -2.17. The molecule has 1 atom stereocenters. The summed E-state index contributed by atoms with van der Waals surface area (Å²) in [6.45, 7) is 3.23. The first-order chi connectivity index (χ1) is 9.33. The molecule has 1 N–H and O–H groups in total. The molecule has 0 saturated heterocycles. The summed E-state index contributed by atoms with van der Waals surface area (Å²) in [5.74, 6) is 0.914. The maximum atomic E-state index is 5.19. The quantitative estimate of drug-likeness (QED) is 0.823. The van der Waals surface area contributed by atoms with Gasteiger partial charge in [-0.1, -0.05) is 19.1 Å². The van der Waals surface area contributed by atoms with Crippen LogP contribution in [-0.4, -0.2) is 13.7 Å². The zero-order valence-electron chi connectivity index (χ0n) is 11.6. The number of nitrogens with one attached hydrogen (secondary N) is 1. The van der Waals surface area contributed by atoms with E-state index in [0.29, 0.717) is 6.04 Å². The van der Waals surface area contributed by atoms with Crippen molar-refractivity contribution in [3.8, 4) is 5.75 Å². The van der Waals surface area contributed by atoms with Crippen LogP contribution >= 0.6 is 11.3 Å². The topological polar surface area (TPSA) is 21.3 Å². The van der Waals surface area contributed by atoms with Crippen molar-refractivity contribution >= 4 is 11.3 Å². The van der Waals surface area contributed by atoms with E-state index in [2.05, 4.69) is 41.2 Å². The minimum Gasteiger partial charge on any atom is -0.497 e. The van der Waals surface area contributed by atoms with Crippen molar-refractivity contribution in [3.05, 3.63) is 52.2 Å². The van der Waals surface area contributed by atoms with Crippen LogP contribution in [0.25, 0.3) is 0 Å². The zero-order valence-corrected chi connectivity index (χ0v) is 12.4. The van der Waals surface area contributed by atoms with E-state index in [-0.39, 0.29) is 0 Å². The maximum Gasteiger partial charge on any atom is 0.118 e. The highest BCUT2D eigenvalue weighted by molar-refractivity contribution is 7.07. The lowest BCUT2D eigenvalue weighted by Crippen LogP contribution is -2.23. The van der Waals surface area contributed by atoms with Gasteiger partial charge in [0.15, 0.2) is 0 Å². The molecule has 2 aromatic rings. The van der Waals surface area contributed by atoms with Crippen LogP contribution in [0.3, 0.4) is 0 Å². The number of benzene rings is 1. The number of hydrogen-bond acceptors (Lipinski definition) is 3. The molecule has 3 heteroatoms. The second kappa shape index (κ2) is 7.31. The average molecular weight is 275 g/mol. The summed E-state index contributed by atoms with van der Waals surface area (Å²) in [4.78, 5) is 0. The molecule has 19 heavy (non-hydrogen) atoms. The third-order valence-electron chi connectivity index (χ3n) is 3.31. The molecule has 0 aliphatic heterocycles. The van der Waals surface area contributed by atoms with Crippen LogP contribution in [0, 0.1) is 0 Å². The Balaban J connectivity index is 1.88. The number of rotatable bonds is 7. The third-order valence-corrected chi connectivity index (χ3v) is 4.04. The molecule has 0 saturated carbocycles. The summed E-state index contributed by atoms with van der Waals surface area (Å²) in [7, 11) is 1.70. The van der Waals surface area contributed by atoms with E-state index in [1.54, 1.807) is 18.4 Å². The summed E-state index contributed by atoms with van der Waals surface area (Å²) in [6.07, 6.45) is 2.19. The molecular weight excluding hydrogens is 254 g/mol. The summed E-state index contributed by atoms with van der Waals surface area (Å²) in [5.41, 5.74) is 2.75. The number of thiophene rings is 1. The minimum atomic E-state index is 0.421. The van der Waals surface area contributed by atoms with Gasteiger partial charge in [0, 0.05) is 6.04 Å². The smallest absolute Gasteiger partial charge is 0.118 e. The van der Waals surface area contributed by atoms with Crippen molar-refractivity contribution in [2.75, 3.05) is 13.7 Å². The molecule has 2 nitrogen and oxygen atoms in total. The Labute approximate surface area is 119 Å². The molecule has 0 aliphatic rings. The molecule has 0 amide bonds. The maximum absolute atomic E-state index is 5.19. The predicted octanol–water partition coefficient (Wildman–Crippen LogP) is 4.04. The van der Waals surface area contributed by atoms with E-state index in [0.717, 1.165) is 25.1 Å². The van der Waals surface area contributed by atoms with Crippen LogP contribution in [0.1, 0.15) is 30.5 Å². The first-order valence-corrected chi connectivity index (χ1v) is 7.66. The van der Waals surface area contributed by atoms with Gasteiger partial charge < -0.3 is 10.1 Å². The normalized spacial score (nSPS) is 12.3. The third kappa shape index (κ3) is 4.08. The average Bonchev–Trinajstić information content (AvgIpc) is 2.97. The van der Waals surface area contributed by atoms with Gasteiger partial charge in [-0.25, -0.2) is 0 Å². The van der Waals surface area contributed by atoms with Gasteiger partial charge in [0.2, 0.25) is 0 Å². The molecule has 0 bridgehead atoms. The lowest BCUT2D eigenvalue weighted by molar-refractivity contribution is 0.414. The van der Waals surface area contributed by atoms with Crippen molar-refractivity contribution < 1.29 is 4.74 Å². The molecule has 0 aliphatic carbocycles. The highest BCUT2D eigenvalue weighted by Crippen LogP contribution is 2.20. The van der Waals surface area contributed by atoms with Gasteiger partial charge >= 0.3 is 0 Å². The summed E-state index contributed by atoms with van der Waals surface area (Å²) < 4.78 is 5.19. The molecule has 0 fully saturated rings. The van der Waals surface area contributed by atoms with Crippen LogP contribution in [0.2, 0.25) is 0 Å². The molecule has 1 aromatic carbocycles. The SMILES string of the molecule is CCC(NCCc1ccsc1)c1ccc(OC)cc1. The Kier molecular flexibility index (Phi) is 5.43. The van der Waals surface area contributed by atoms with Gasteiger partial charge in [0.05, 0.1) is 7.11 Å². The predicted molar refractivity (Wildman–Crippen MR) is 82.1 cm³/mol. The zero-order chi connectivity index (χ0) is 13.5. The lowest BCUT2D eigenvalue weighted by atomic mass is 10.0. The van der Waals surface area contributed by atoms with Gasteiger partial charge in [-0.05, 0) is 59.5 Å². The molecule has 1 heterocycles. The van der Waals surface area contributed by atoms with Gasteiger partial charge in [0.25, 0.3) is 0 Å². The van der Waals surface area contributed by atoms with Crippen molar-refractivity contribution in [1.82, 2.24) is 5.32 Å². The van der Waals surface area contributed by atoms with E-state index in [9.17, 15) is 0 Å². The van der Waals surface area contributed by atoms with E-state index < -0.39 is 0 Å².